The molecule has 1 aromatic carbocycles. The lowest BCUT2D eigenvalue weighted by molar-refractivity contribution is 0.180. The predicted molar refractivity (Wildman–Crippen MR) is 72.8 cm³/mol. The molecule has 1 atom stereocenters. The van der Waals surface area contributed by atoms with E-state index in [1.807, 2.05) is 0 Å². The topological polar surface area (TPSA) is 29.3 Å². The summed E-state index contributed by atoms with van der Waals surface area (Å²) in [7, 11) is 0. The van der Waals surface area contributed by atoms with E-state index >= 15 is 0 Å². The summed E-state index contributed by atoms with van der Waals surface area (Å²) in [5.74, 6) is -2.90. The monoisotopic (exact) mass is 286 g/mol. The van der Waals surface area contributed by atoms with Crippen LogP contribution >= 0.6 is 0 Å². The van der Waals surface area contributed by atoms with Gasteiger partial charge in [0.05, 0.1) is 6.04 Å². The molecule has 112 valence electrons. The minimum Gasteiger partial charge on any atom is -0.329 e. The Bertz CT molecular complexity index is 443. The lowest BCUT2D eigenvalue weighted by Gasteiger charge is -2.32. The van der Waals surface area contributed by atoms with Crippen LogP contribution in [0.25, 0.3) is 0 Å². The molecule has 2 nitrogen and oxygen atoms in total. The summed E-state index contributed by atoms with van der Waals surface area (Å²) in [6.07, 6.45) is 5.58. The molecule has 0 saturated carbocycles. The number of hydrogen-bond donors (Lipinski definition) is 1. The number of benzene rings is 1. The van der Waals surface area contributed by atoms with E-state index in [9.17, 15) is 13.2 Å². The van der Waals surface area contributed by atoms with Crippen LogP contribution in [0, 0.1) is 17.5 Å². The first-order valence-corrected chi connectivity index (χ1v) is 7.22. The zero-order valence-corrected chi connectivity index (χ0v) is 11.5. The van der Waals surface area contributed by atoms with E-state index in [1.54, 1.807) is 0 Å². The van der Waals surface area contributed by atoms with Crippen molar-refractivity contribution < 1.29 is 13.2 Å². The van der Waals surface area contributed by atoms with Crippen LogP contribution in [0.1, 0.15) is 43.7 Å². The Labute approximate surface area is 117 Å². The number of likely N-dealkylation sites (tertiary alicyclic amines) is 1. The highest BCUT2D eigenvalue weighted by atomic mass is 19.2. The normalized spacial score (nSPS) is 19.4. The van der Waals surface area contributed by atoms with Crippen molar-refractivity contribution in [2.75, 3.05) is 19.6 Å². The third kappa shape index (κ3) is 3.52. The fourth-order valence-electron chi connectivity index (χ4n) is 2.85. The van der Waals surface area contributed by atoms with Gasteiger partial charge >= 0.3 is 0 Å². The van der Waals surface area contributed by atoms with Gasteiger partial charge in [0.15, 0.2) is 11.6 Å². The molecule has 1 saturated heterocycles. The molecule has 5 heteroatoms. The summed E-state index contributed by atoms with van der Waals surface area (Å²) in [6.45, 7) is 1.84. The van der Waals surface area contributed by atoms with Gasteiger partial charge in [-0.3, -0.25) is 4.90 Å². The van der Waals surface area contributed by atoms with Gasteiger partial charge in [0, 0.05) is 18.2 Å². The van der Waals surface area contributed by atoms with Gasteiger partial charge in [-0.15, -0.1) is 0 Å². The number of nitrogens with zero attached hydrogens (tertiary/aromatic N) is 1. The number of rotatable bonds is 3. The van der Waals surface area contributed by atoms with Gasteiger partial charge in [-0.1, -0.05) is 19.3 Å². The second-order valence-corrected chi connectivity index (χ2v) is 5.34. The molecule has 20 heavy (non-hydrogen) atoms. The van der Waals surface area contributed by atoms with Crippen LogP contribution in [0.4, 0.5) is 13.2 Å². The summed E-state index contributed by atoms with van der Waals surface area (Å²) < 4.78 is 40.3. The summed E-state index contributed by atoms with van der Waals surface area (Å²) >= 11 is 0. The zero-order chi connectivity index (χ0) is 14.5. The molecule has 1 unspecified atom stereocenters. The fraction of sp³-hybridized carbons (Fsp3) is 0.600. The lowest BCUT2D eigenvalue weighted by Crippen LogP contribution is -2.36. The Morgan fingerprint density at radius 3 is 2.05 bits per heavy atom. The van der Waals surface area contributed by atoms with E-state index < -0.39 is 17.5 Å². The maximum Gasteiger partial charge on any atom is 0.161 e. The average molecular weight is 286 g/mol. The van der Waals surface area contributed by atoms with E-state index in [4.69, 9.17) is 5.73 Å². The molecular weight excluding hydrogens is 265 g/mol. The van der Waals surface area contributed by atoms with Gasteiger partial charge in [-0.25, -0.2) is 13.2 Å². The molecular formula is C15H21F3N2. The summed E-state index contributed by atoms with van der Waals surface area (Å²) in [6, 6.07) is 1.17. The Hall–Kier alpha value is -1.07. The first-order chi connectivity index (χ1) is 9.63. The molecule has 1 aromatic rings. The van der Waals surface area contributed by atoms with Crippen molar-refractivity contribution in [1.29, 1.82) is 0 Å². The van der Waals surface area contributed by atoms with Crippen LogP contribution in [0.15, 0.2) is 12.1 Å². The third-order valence-electron chi connectivity index (χ3n) is 3.95. The maximum atomic E-state index is 13.9. The second kappa shape index (κ2) is 7.09. The summed E-state index contributed by atoms with van der Waals surface area (Å²) in [5.41, 5.74) is 5.92. The van der Waals surface area contributed by atoms with Crippen molar-refractivity contribution in [3.63, 3.8) is 0 Å². The highest BCUT2D eigenvalue weighted by Crippen LogP contribution is 2.26. The zero-order valence-electron chi connectivity index (χ0n) is 11.5. The van der Waals surface area contributed by atoms with Crippen LogP contribution in [-0.4, -0.2) is 24.5 Å². The Morgan fingerprint density at radius 1 is 0.900 bits per heavy atom. The highest BCUT2D eigenvalue weighted by molar-refractivity contribution is 5.24. The van der Waals surface area contributed by atoms with Crippen LogP contribution in [0.2, 0.25) is 0 Å². The van der Waals surface area contributed by atoms with Gasteiger partial charge in [0.1, 0.15) is 5.82 Å². The Balaban J connectivity index is 2.24. The smallest absolute Gasteiger partial charge is 0.161 e. The van der Waals surface area contributed by atoms with E-state index in [1.165, 1.54) is 6.42 Å². The lowest BCUT2D eigenvalue weighted by atomic mass is 10.0. The molecule has 0 amide bonds. The first-order valence-electron chi connectivity index (χ1n) is 7.22. The molecule has 1 aliphatic heterocycles. The number of halogens is 3. The Morgan fingerprint density at radius 2 is 1.45 bits per heavy atom. The van der Waals surface area contributed by atoms with Gasteiger partial charge in [0.25, 0.3) is 0 Å². The molecule has 1 heterocycles. The average Bonchev–Trinajstić information content (AvgIpc) is 2.38. The highest BCUT2D eigenvalue weighted by Gasteiger charge is 2.24. The van der Waals surface area contributed by atoms with Gasteiger partial charge in [0.2, 0.25) is 0 Å². The predicted octanol–water partition coefficient (Wildman–Crippen LogP) is 3.37. The van der Waals surface area contributed by atoms with Crippen LogP contribution in [0.3, 0.4) is 0 Å². The number of hydrogen-bond acceptors (Lipinski definition) is 2. The van der Waals surface area contributed by atoms with E-state index in [-0.39, 0.29) is 18.2 Å². The van der Waals surface area contributed by atoms with Crippen LogP contribution < -0.4 is 5.73 Å². The largest absolute Gasteiger partial charge is 0.329 e. The van der Waals surface area contributed by atoms with Crippen molar-refractivity contribution in [1.82, 2.24) is 4.90 Å². The molecule has 2 N–H and O–H groups in total. The van der Waals surface area contributed by atoms with E-state index in [0.717, 1.165) is 44.8 Å². The quantitative estimate of drug-likeness (QED) is 0.863. The molecule has 0 bridgehead atoms. The van der Waals surface area contributed by atoms with Crippen molar-refractivity contribution in [3.8, 4) is 0 Å². The maximum absolute atomic E-state index is 13.9. The van der Waals surface area contributed by atoms with Crippen LogP contribution in [-0.2, 0) is 0 Å². The molecule has 0 aliphatic carbocycles. The first kappa shape index (κ1) is 15.3. The van der Waals surface area contributed by atoms with Crippen molar-refractivity contribution in [2.45, 2.75) is 38.1 Å². The van der Waals surface area contributed by atoms with E-state index in [2.05, 4.69) is 4.90 Å². The molecule has 0 radical (unpaired) electrons. The van der Waals surface area contributed by atoms with E-state index in [0.29, 0.717) is 6.07 Å². The molecule has 0 aromatic heterocycles. The van der Waals surface area contributed by atoms with Gasteiger partial charge in [-0.2, -0.15) is 0 Å². The minimum absolute atomic E-state index is 0.159. The molecule has 1 fully saturated rings. The van der Waals surface area contributed by atoms with Crippen molar-refractivity contribution in [3.05, 3.63) is 35.1 Å². The summed E-state index contributed by atoms with van der Waals surface area (Å²) in [4.78, 5) is 2.09. The second-order valence-electron chi connectivity index (χ2n) is 5.34. The fourth-order valence-corrected chi connectivity index (χ4v) is 2.85. The van der Waals surface area contributed by atoms with Crippen LogP contribution in [0.5, 0.6) is 0 Å². The van der Waals surface area contributed by atoms with Gasteiger partial charge in [-0.05, 0) is 32.0 Å². The summed E-state index contributed by atoms with van der Waals surface area (Å²) in [5, 5.41) is 0. The number of nitrogens with two attached hydrogens (primary N) is 1. The standard InChI is InChI=1S/C15H21F3N2/c16-12-9-14(18)13(17)8-11(12)15(10-19)20-6-4-2-1-3-5-7-20/h8-9,15H,1-7,10,19H2. The minimum atomic E-state index is -1.16. The van der Waals surface area contributed by atoms with Gasteiger partial charge < -0.3 is 5.73 Å². The Kier molecular flexibility index (Phi) is 5.43. The van der Waals surface area contributed by atoms with Crippen molar-refractivity contribution in [2.24, 2.45) is 5.73 Å². The molecule has 1 aliphatic rings. The van der Waals surface area contributed by atoms with Crippen molar-refractivity contribution >= 4 is 0 Å². The molecule has 2 rings (SSSR count). The third-order valence-corrected chi connectivity index (χ3v) is 3.95. The SMILES string of the molecule is NCC(c1cc(F)c(F)cc1F)N1CCCCCCC1. The molecule has 0 spiro atoms.